The second-order valence-electron chi connectivity index (χ2n) is 5.10. The van der Waals surface area contributed by atoms with Crippen molar-refractivity contribution in [1.82, 2.24) is 10.3 Å². The number of nitrogens with zero attached hydrogens (tertiary/aromatic N) is 1. The zero-order chi connectivity index (χ0) is 12.3. The first-order valence-corrected chi connectivity index (χ1v) is 5.75. The highest BCUT2D eigenvalue weighted by Gasteiger charge is 2.37. The molecule has 0 spiro atoms. The molecule has 1 rings (SSSR count). The van der Waals surface area contributed by atoms with Crippen LogP contribution >= 0.6 is 0 Å². The van der Waals surface area contributed by atoms with Crippen molar-refractivity contribution < 1.29 is 9.53 Å². The van der Waals surface area contributed by atoms with E-state index < -0.39 is 0 Å². The van der Waals surface area contributed by atoms with Crippen LogP contribution in [0.5, 0.6) is 0 Å². The van der Waals surface area contributed by atoms with Gasteiger partial charge in [-0.3, -0.25) is 15.1 Å². The van der Waals surface area contributed by atoms with Gasteiger partial charge in [0, 0.05) is 18.1 Å². The van der Waals surface area contributed by atoms with E-state index in [1.165, 1.54) is 0 Å². The summed E-state index contributed by atoms with van der Waals surface area (Å²) in [4.78, 5) is 13.8. The Kier molecular flexibility index (Phi) is 4.29. The van der Waals surface area contributed by atoms with Gasteiger partial charge in [0.2, 0.25) is 5.91 Å². The van der Waals surface area contributed by atoms with Crippen molar-refractivity contribution in [2.45, 2.75) is 39.3 Å². The van der Waals surface area contributed by atoms with Crippen LogP contribution in [-0.2, 0) is 9.53 Å². The quantitative estimate of drug-likeness (QED) is 0.409. The first-order chi connectivity index (χ1) is 7.40. The first-order valence-electron chi connectivity index (χ1n) is 5.75. The number of nitrogens with two attached hydrogens (primary N) is 1. The van der Waals surface area contributed by atoms with Crippen molar-refractivity contribution in [2.75, 3.05) is 19.8 Å². The fourth-order valence-corrected chi connectivity index (χ4v) is 2.25. The van der Waals surface area contributed by atoms with Crippen LogP contribution in [0.15, 0.2) is 0 Å². The largest absolute Gasteiger partial charge is 0.378 e. The molecule has 0 aromatic heterocycles. The van der Waals surface area contributed by atoms with Crippen molar-refractivity contribution in [3.05, 3.63) is 0 Å². The topological polar surface area (TPSA) is 67.6 Å². The lowest BCUT2D eigenvalue weighted by atomic mass is 9.93. The van der Waals surface area contributed by atoms with Gasteiger partial charge >= 0.3 is 0 Å². The van der Waals surface area contributed by atoms with E-state index in [0.717, 1.165) is 13.2 Å². The molecule has 1 amide bonds. The van der Waals surface area contributed by atoms with Gasteiger partial charge in [-0.25, -0.2) is 5.84 Å². The van der Waals surface area contributed by atoms with Crippen LogP contribution in [0.4, 0.5) is 0 Å². The molecule has 0 aliphatic carbocycles. The summed E-state index contributed by atoms with van der Waals surface area (Å²) >= 11 is 0. The lowest BCUT2D eigenvalue weighted by molar-refractivity contribution is -0.130. The number of carbonyl (C=O) groups excluding carboxylic acids is 1. The molecule has 1 fully saturated rings. The third kappa shape index (κ3) is 2.72. The maximum absolute atomic E-state index is 11.5. The molecule has 0 radical (unpaired) electrons. The minimum absolute atomic E-state index is 0.0270. The Morgan fingerprint density at radius 2 is 2.12 bits per heavy atom. The summed E-state index contributed by atoms with van der Waals surface area (Å²) in [5.74, 6) is 4.93. The number of amides is 1. The van der Waals surface area contributed by atoms with Crippen molar-refractivity contribution in [2.24, 2.45) is 11.8 Å². The van der Waals surface area contributed by atoms with Gasteiger partial charge < -0.3 is 4.74 Å². The summed E-state index contributed by atoms with van der Waals surface area (Å²) < 4.78 is 5.46. The Bertz CT molecular complexity index is 256. The van der Waals surface area contributed by atoms with Crippen LogP contribution in [0.2, 0.25) is 0 Å². The number of ether oxygens (including phenoxy) is 1. The Balaban J connectivity index is 2.71. The Hall–Kier alpha value is -0.650. The molecular formula is C11H23N3O2. The van der Waals surface area contributed by atoms with E-state index in [9.17, 15) is 4.79 Å². The second kappa shape index (κ2) is 5.12. The monoisotopic (exact) mass is 229 g/mol. The van der Waals surface area contributed by atoms with Crippen LogP contribution in [0.25, 0.3) is 0 Å². The first kappa shape index (κ1) is 13.4. The molecule has 94 valence electrons. The summed E-state index contributed by atoms with van der Waals surface area (Å²) in [7, 11) is 0. The normalized spacial score (nSPS) is 24.8. The van der Waals surface area contributed by atoms with Gasteiger partial charge in [0.1, 0.15) is 0 Å². The molecule has 2 atom stereocenters. The standard InChI is InChI=1S/C11H23N3O2/c1-8(10(15)13-12)9(2)14-5-6-16-7-11(14,3)4/h8-9H,5-7,12H2,1-4H3,(H,13,15). The van der Waals surface area contributed by atoms with Gasteiger partial charge in [-0.2, -0.15) is 0 Å². The molecule has 0 aromatic rings. The molecular weight excluding hydrogens is 206 g/mol. The molecule has 1 saturated heterocycles. The van der Waals surface area contributed by atoms with E-state index in [-0.39, 0.29) is 23.4 Å². The number of hydrogen-bond acceptors (Lipinski definition) is 4. The van der Waals surface area contributed by atoms with Crippen LogP contribution in [0, 0.1) is 5.92 Å². The molecule has 1 aliphatic rings. The highest BCUT2D eigenvalue weighted by atomic mass is 16.5. The van der Waals surface area contributed by atoms with Gasteiger partial charge in [-0.05, 0) is 20.8 Å². The van der Waals surface area contributed by atoms with E-state index >= 15 is 0 Å². The third-order valence-corrected chi connectivity index (χ3v) is 3.48. The minimum atomic E-state index is -0.123. The number of nitrogens with one attached hydrogen (secondary N) is 1. The maximum Gasteiger partial charge on any atom is 0.238 e. The lowest BCUT2D eigenvalue weighted by Gasteiger charge is -2.46. The van der Waals surface area contributed by atoms with Crippen LogP contribution < -0.4 is 11.3 Å². The molecule has 0 saturated carbocycles. The number of hydrazine groups is 1. The molecule has 3 N–H and O–H groups in total. The van der Waals surface area contributed by atoms with Crippen molar-refractivity contribution >= 4 is 5.91 Å². The molecule has 5 nitrogen and oxygen atoms in total. The zero-order valence-electron chi connectivity index (χ0n) is 10.6. The summed E-state index contributed by atoms with van der Waals surface area (Å²) in [6, 6.07) is 0.155. The van der Waals surface area contributed by atoms with Gasteiger partial charge in [0.15, 0.2) is 0 Å². The van der Waals surface area contributed by atoms with E-state index in [1.807, 2.05) is 6.92 Å². The van der Waals surface area contributed by atoms with Gasteiger partial charge in [0.05, 0.1) is 19.1 Å². The van der Waals surface area contributed by atoms with Crippen molar-refractivity contribution in [3.8, 4) is 0 Å². The number of rotatable bonds is 3. The molecule has 1 heterocycles. The van der Waals surface area contributed by atoms with Gasteiger partial charge in [-0.1, -0.05) is 6.92 Å². The Morgan fingerprint density at radius 1 is 1.50 bits per heavy atom. The Morgan fingerprint density at radius 3 is 2.62 bits per heavy atom. The second-order valence-corrected chi connectivity index (χ2v) is 5.10. The van der Waals surface area contributed by atoms with Crippen LogP contribution in [0.3, 0.4) is 0 Å². The predicted octanol–water partition coefficient (Wildman–Crippen LogP) is 0.112. The molecule has 0 aromatic carbocycles. The Labute approximate surface area is 97.3 Å². The SMILES string of the molecule is CC(C(=O)NN)C(C)N1CCOCC1(C)C. The lowest BCUT2D eigenvalue weighted by Crippen LogP contribution is -2.59. The minimum Gasteiger partial charge on any atom is -0.378 e. The third-order valence-electron chi connectivity index (χ3n) is 3.48. The average Bonchev–Trinajstić information content (AvgIpc) is 2.25. The van der Waals surface area contributed by atoms with E-state index in [2.05, 4.69) is 31.1 Å². The fourth-order valence-electron chi connectivity index (χ4n) is 2.25. The summed E-state index contributed by atoms with van der Waals surface area (Å²) in [6.45, 7) is 10.5. The molecule has 0 bridgehead atoms. The van der Waals surface area contributed by atoms with Crippen molar-refractivity contribution in [1.29, 1.82) is 0 Å². The van der Waals surface area contributed by atoms with E-state index in [0.29, 0.717) is 6.61 Å². The van der Waals surface area contributed by atoms with E-state index in [1.54, 1.807) is 0 Å². The average molecular weight is 229 g/mol. The fraction of sp³-hybridized carbons (Fsp3) is 0.909. The molecule has 1 aliphatic heterocycles. The smallest absolute Gasteiger partial charge is 0.238 e. The molecule has 16 heavy (non-hydrogen) atoms. The highest BCUT2D eigenvalue weighted by Crippen LogP contribution is 2.25. The van der Waals surface area contributed by atoms with E-state index in [4.69, 9.17) is 10.6 Å². The van der Waals surface area contributed by atoms with Crippen LogP contribution in [-0.4, -0.2) is 42.1 Å². The summed E-state index contributed by atoms with van der Waals surface area (Å²) in [6.07, 6.45) is 0. The van der Waals surface area contributed by atoms with Crippen LogP contribution in [0.1, 0.15) is 27.7 Å². The maximum atomic E-state index is 11.5. The highest BCUT2D eigenvalue weighted by molar-refractivity contribution is 5.78. The number of morpholine rings is 1. The van der Waals surface area contributed by atoms with Gasteiger partial charge in [0.25, 0.3) is 0 Å². The summed E-state index contributed by atoms with van der Waals surface area (Å²) in [5, 5.41) is 0. The predicted molar refractivity (Wildman–Crippen MR) is 62.6 cm³/mol. The van der Waals surface area contributed by atoms with Crippen molar-refractivity contribution in [3.63, 3.8) is 0 Å². The number of carbonyl (C=O) groups is 1. The molecule has 5 heteroatoms. The molecule has 2 unspecified atom stereocenters. The number of hydrogen-bond donors (Lipinski definition) is 2. The van der Waals surface area contributed by atoms with Gasteiger partial charge in [-0.15, -0.1) is 0 Å². The summed E-state index contributed by atoms with van der Waals surface area (Å²) in [5.41, 5.74) is 2.19. The zero-order valence-corrected chi connectivity index (χ0v) is 10.6.